The summed E-state index contributed by atoms with van der Waals surface area (Å²) in [5, 5.41) is 8.85. The molecule has 1 saturated heterocycles. The third-order valence-electron chi connectivity index (χ3n) is 3.94. The number of amides is 1. The Kier molecular flexibility index (Phi) is 5.33. The molecule has 1 heterocycles. The zero-order chi connectivity index (χ0) is 15.2. The van der Waals surface area contributed by atoms with Crippen LogP contribution in [0.1, 0.15) is 40.0 Å². The summed E-state index contributed by atoms with van der Waals surface area (Å²) in [6.07, 6.45) is 3.11. The second kappa shape index (κ2) is 7.22. The van der Waals surface area contributed by atoms with Gasteiger partial charge in [-0.05, 0) is 49.4 Å². The first kappa shape index (κ1) is 15.5. The molecule has 114 valence electrons. The third kappa shape index (κ3) is 4.29. The van der Waals surface area contributed by atoms with Gasteiger partial charge >= 0.3 is 5.97 Å². The maximum Gasteiger partial charge on any atom is 0.335 e. The van der Waals surface area contributed by atoms with Gasteiger partial charge < -0.3 is 14.7 Å². The van der Waals surface area contributed by atoms with Gasteiger partial charge in [0.1, 0.15) is 0 Å². The summed E-state index contributed by atoms with van der Waals surface area (Å²) < 4.78 is 5.33. The van der Waals surface area contributed by atoms with Crippen molar-refractivity contribution in [2.24, 2.45) is 5.92 Å². The van der Waals surface area contributed by atoms with Crippen molar-refractivity contribution in [2.75, 3.05) is 26.8 Å². The van der Waals surface area contributed by atoms with Crippen LogP contribution >= 0.6 is 0 Å². The number of ether oxygens (including phenoxy) is 1. The first-order valence-electron chi connectivity index (χ1n) is 7.24. The van der Waals surface area contributed by atoms with E-state index in [0.717, 1.165) is 32.5 Å². The second-order valence-electron chi connectivity index (χ2n) is 5.45. The first-order valence-corrected chi connectivity index (χ1v) is 7.24. The summed E-state index contributed by atoms with van der Waals surface area (Å²) in [4.78, 5) is 24.7. The van der Waals surface area contributed by atoms with Crippen molar-refractivity contribution in [1.29, 1.82) is 0 Å². The Morgan fingerprint density at radius 1 is 1.19 bits per heavy atom. The molecule has 0 saturated carbocycles. The highest BCUT2D eigenvalue weighted by Crippen LogP contribution is 2.19. The van der Waals surface area contributed by atoms with Crippen molar-refractivity contribution < 1.29 is 19.4 Å². The molecule has 1 N–H and O–H groups in total. The highest BCUT2D eigenvalue weighted by Gasteiger charge is 2.17. The van der Waals surface area contributed by atoms with Gasteiger partial charge in [-0.1, -0.05) is 0 Å². The third-order valence-corrected chi connectivity index (χ3v) is 3.94. The van der Waals surface area contributed by atoms with Crippen LogP contribution in [-0.4, -0.2) is 48.7 Å². The molecule has 0 spiro atoms. The predicted octanol–water partition coefficient (Wildman–Crippen LogP) is 2.27. The molecule has 1 aromatic carbocycles. The fourth-order valence-corrected chi connectivity index (χ4v) is 2.49. The Balaban J connectivity index is 1.87. The lowest BCUT2D eigenvalue weighted by Gasteiger charge is -2.25. The van der Waals surface area contributed by atoms with Gasteiger partial charge in [-0.3, -0.25) is 4.79 Å². The lowest BCUT2D eigenvalue weighted by molar-refractivity contribution is 0.0583. The van der Waals surface area contributed by atoms with Gasteiger partial charge in [-0.15, -0.1) is 0 Å². The fourth-order valence-electron chi connectivity index (χ4n) is 2.49. The Morgan fingerprint density at radius 3 is 2.33 bits per heavy atom. The maximum absolute atomic E-state index is 12.3. The molecule has 0 aromatic heterocycles. The largest absolute Gasteiger partial charge is 0.478 e. The van der Waals surface area contributed by atoms with Crippen LogP contribution in [0.5, 0.6) is 0 Å². The van der Waals surface area contributed by atoms with Gasteiger partial charge in [0.2, 0.25) is 0 Å². The topological polar surface area (TPSA) is 66.8 Å². The monoisotopic (exact) mass is 291 g/mol. The number of carbonyl (C=O) groups is 2. The van der Waals surface area contributed by atoms with Crippen LogP contribution in [-0.2, 0) is 4.74 Å². The smallest absolute Gasteiger partial charge is 0.335 e. The van der Waals surface area contributed by atoms with E-state index in [0.29, 0.717) is 18.0 Å². The van der Waals surface area contributed by atoms with Crippen LogP contribution in [0.3, 0.4) is 0 Å². The van der Waals surface area contributed by atoms with E-state index in [4.69, 9.17) is 9.84 Å². The number of carboxylic acid groups (broad SMARTS) is 1. The molecule has 0 unspecified atom stereocenters. The van der Waals surface area contributed by atoms with E-state index in [9.17, 15) is 9.59 Å². The molecule has 0 radical (unpaired) electrons. The number of carbonyl (C=O) groups excluding carboxylic acids is 1. The second-order valence-corrected chi connectivity index (χ2v) is 5.45. The molecule has 0 bridgehead atoms. The molecule has 1 aromatic rings. The number of benzene rings is 1. The van der Waals surface area contributed by atoms with Crippen molar-refractivity contribution in [1.82, 2.24) is 4.90 Å². The Morgan fingerprint density at radius 2 is 1.76 bits per heavy atom. The maximum atomic E-state index is 12.3. The standard InChI is InChI=1S/C16H21NO4/c1-17(9-6-12-7-10-21-11-8-12)15(18)13-2-4-14(5-3-13)16(19)20/h2-5,12H,6-11H2,1H3,(H,19,20). The molecule has 1 aliphatic rings. The number of hydrogen-bond donors (Lipinski definition) is 1. The van der Waals surface area contributed by atoms with Crippen LogP contribution in [0.4, 0.5) is 0 Å². The minimum Gasteiger partial charge on any atom is -0.478 e. The van der Waals surface area contributed by atoms with E-state index in [1.165, 1.54) is 12.1 Å². The number of nitrogens with zero attached hydrogens (tertiary/aromatic N) is 1. The van der Waals surface area contributed by atoms with Gasteiger partial charge in [0, 0.05) is 32.4 Å². The van der Waals surface area contributed by atoms with Crippen LogP contribution < -0.4 is 0 Å². The first-order chi connectivity index (χ1) is 10.1. The molecular formula is C16H21NO4. The summed E-state index contributed by atoms with van der Waals surface area (Å²) >= 11 is 0. The number of carboxylic acids is 1. The zero-order valence-electron chi connectivity index (χ0n) is 12.2. The minimum absolute atomic E-state index is 0.0704. The Bertz CT molecular complexity index is 492. The summed E-state index contributed by atoms with van der Waals surface area (Å²) in [6, 6.07) is 6.05. The molecular weight excluding hydrogens is 270 g/mol. The lowest BCUT2D eigenvalue weighted by atomic mass is 9.96. The van der Waals surface area contributed by atoms with Gasteiger partial charge in [-0.25, -0.2) is 4.79 Å². The molecule has 1 amide bonds. The van der Waals surface area contributed by atoms with E-state index in [1.807, 2.05) is 0 Å². The average molecular weight is 291 g/mol. The molecule has 5 nitrogen and oxygen atoms in total. The highest BCUT2D eigenvalue weighted by atomic mass is 16.5. The summed E-state index contributed by atoms with van der Waals surface area (Å²) in [6.45, 7) is 2.35. The van der Waals surface area contributed by atoms with Crippen LogP contribution in [0.2, 0.25) is 0 Å². The lowest BCUT2D eigenvalue weighted by Crippen LogP contribution is -2.30. The number of hydrogen-bond acceptors (Lipinski definition) is 3. The molecule has 1 aliphatic heterocycles. The molecule has 0 aliphatic carbocycles. The molecule has 5 heteroatoms. The SMILES string of the molecule is CN(CCC1CCOCC1)C(=O)c1ccc(C(=O)O)cc1. The van der Waals surface area contributed by atoms with Crippen molar-refractivity contribution in [2.45, 2.75) is 19.3 Å². The van der Waals surface area contributed by atoms with E-state index in [1.54, 1.807) is 24.1 Å². The van der Waals surface area contributed by atoms with Crippen LogP contribution in [0.15, 0.2) is 24.3 Å². The van der Waals surface area contributed by atoms with Gasteiger partial charge in [0.05, 0.1) is 5.56 Å². The van der Waals surface area contributed by atoms with E-state index >= 15 is 0 Å². The van der Waals surface area contributed by atoms with Gasteiger partial charge in [-0.2, -0.15) is 0 Å². The van der Waals surface area contributed by atoms with Crippen molar-refractivity contribution in [3.63, 3.8) is 0 Å². The summed E-state index contributed by atoms with van der Waals surface area (Å²) in [5.41, 5.74) is 0.714. The normalized spacial score (nSPS) is 15.7. The van der Waals surface area contributed by atoms with Crippen molar-refractivity contribution >= 4 is 11.9 Å². The van der Waals surface area contributed by atoms with Crippen LogP contribution in [0.25, 0.3) is 0 Å². The van der Waals surface area contributed by atoms with Crippen molar-refractivity contribution in [3.8, 4) is 0 Å². The van der Waals surface area contributed by atoms with E-state index in [-0.39, 0.29) is 11.5 Å². The quantitative estimate of drug-likeness (QED) is 0.903. The zero-order valence-corrected chi connectivity index (χ0v) is 12.2. The minimum atomic E-state index is -0.984. The highest BCUT2D eigenvalue weighted by molar-refractivity contribution is 5.95. The van der Waals surface area contributed by atoms with Gasteiger partial charge in [0.15, 0.2) is 0 Å². The molecule has 21 heavy (non-hydrogen) atoms. The van der Waals surface area contributed by atoms with Crippen LogP contribution in [0, 0.1) is 5.92 Å². The predicted molar refractivity (Wildman–Crippen MR) is 78.5 cm³/mol. The Labute approximate surface area is 124 Å². The van der Waals surface area contributed by atoms with Crippen molar-refractivity contribution in [3.05, 3.63) is 35.4 Å². The average Bonchev–Trinajstić information content (AvgIpc) is 2.53. The molecule has 1 fully saturated rings. The number of rotatable bonds is 5. The van der Waals surface area contributed by atoms with Gasteiger partial charge in [0.25, 0.3) is 5.91 Å². The van der Waals surface area contributed by atoms with E-state index < -0.39 is 5.97 Å². The molecule has 0 atom stereocenters. The summed E-state index contributed by atoms with van der Waals surface area (Å²) in [7, 11) is 1.78. The fraction of sp³-hybridized carbons (Fsp3) is 0.500. The molecule has 2 rings (SSSR count). The summed E-state index contributed by atoms with van der Waals surface area (Å²) in [5.74, 6) is -0.427. The number of aromatic carboxylic acids is 1. The van der Waals surface area contributed by atoms with E-state index in [2.05, 4.69) is 0 Å². The Hall–Kier alpha value is -1.88.